The van der Waals surface area contributed by atoms with Gasteiger partial charge in [0.2, 0.25) is 0 Å². The third-order valence-electron chi connectivity index (χ3n) is 2.63. The Bertz CT molecular complexity index is 680. The zero-order valence-corrected chi connectivity index (χ0v) is 14.8. The quantitative estimate of drug-likeness (QED) is 0.719. The predicted molar refractivity (Wildman–Crippen MR) is 95.0 cm³/mol. The average molecular weight is 317 g/mol. The molecule has 0 fully saturated rings. The second-order valence-electron chi connectivity index (χ2n) is 3.98. The Labute approximate surface area is 135 Å². The van der Waals surface area contributed by atoms with Gasteiger partial charge in [0.25, 0.3) is 0 Å². The lowest BCUT2D eigenvalue weighted by Crippen LogP contribution is -2.01. The molecule has 0 amide bonds. The van der Waals surface area contributed by atoms with E-state index in [9.17, 15) is 0 Å². The third kappa shape index (κ3) is 3.76. The predicted octanol–water partition coefficient (Wildman–Crippen LogP) is 4.40. The highest BCUT2D eigenvalue weighted by molar-refractivity contribution is 7.21. The number of hydrogen-bond donors (Lipinski definition) is 1. The molecule has 22 heavy (non-hydrogen) atoms. The molecule has 0 bridgehead atoms. The molecule has 0 aromatic carbocycles. The highest BCUT2D eigenvalue weighted by Gasteiger charge is 2.14. The zero-order chi connectivity index (χ0) is 16.7. The molecule has 0 aliphatic heterocycles. The number of aromatic nitrogens is 4. The normalized spacial score (nSPS) is 9.55. The zero-order valence-electron chi connectivity index (χ0n) is 14.0. The molecule has 0 aliphatic carbocycles. The van der Waals surface area contributed by atoms with E-state index in [0.29, 0.717) is 11.6 Å². The number of hydrogen-bond acceptors (Lipinski definition) is 6. The van der Waals surface area contributed by atoms with E-state index in [2.05, 4.69) is 19.9 Å². The summed E-state index contributed by atoms with van der Waals surface area (Å²) in [5, 5.41) is 0.841. The maximum Gasteiger partial charge on any atom is 0.137 e. The molecular formula is C16H23N5S. The first-order valence-electron chi connectivity index (χ1n) is 7.47. The minimum absolute atomic E-state index is 0.479. The lowest BCUT2D eigenvalue weighted by atomic mass is 10.2. The highest BCUT2D eigenvalue weighted by atomic mass is 32.1. The van der Waals surface area contributed by atoms with Crippen LogP contribution in [0.2, 0.25) is 0 Å². The summed E-state index contributed by atoms with van der Waals surface area (Å²) in [4.78, 5) is 17.1. The van der Waals surface area contributed by atoms with E-state index in [1.807, 2.05) is 47.6 Å². The van der Waals surface area contributed by atoms with Crippen molar-refractivity contribution < 1.29 is 0 Å². The van der Waals surface area contributed by atoms with Crippen molar-refractivity contribution in [3.8, 4) is 10.6 Å². The van der Waals surface area contributed by atoms with E-state index < -0.39 is 0 Å². The smallest absolute Gasteiger partial charge is 0.137 e. The minimum atomic E-state index is 0.479. The van der Waals surface area contributed by atoms with Gasteiger partial charge in [0, 0.05) is 6.20 Å². The maximum absolute atomic E-state index is 5.98. The molecule has 0 saturated heterocycles. The van der Waals surface area contributed by atoms with Crippen LogP contribution in [-0.4, -0.2) is 19.9 Å². The molecule has 3 heterocycles. The van der Waals surface area contributed by atoms with Crippen LogP contribution in [0, 0.1) is 13.8 Å². The van der Waals surface area contributed by atoms with Crippen LogP contribution in [0.15, 0.2) is 18.5 Å². The van der Waals surface area contributed by atoms with Crippen molar-refractivity contribution in [3.05, 3.63) is 30.0 Å². The summed E-state index contributed by atoms with van der Waals surface area (Å²) in [7, 11) is 0. The molecule has 0 unspecified atom stereocenters. The fourth-order valence-electron chi connectivity index (χ4n) is 1.89. The van der Waals surface area contributed by atoms with Gasteiger partial charge in [0.05, 0.1) is 22.2 Å². The summed E-state index contributed by atoms with van der Waals surface area (Å²) < 4.78 is 1.08. The van der Waals surface area contributed by atoms with Gasteiger partial charge in [-0.05, 0) is 19.9 Å². The number of rotatable bonds is 1. The van der Waals surface area contributed by atoms with E-state index in [1.54, 1.807) is 23.7 Å². The van der Waals surface area contributed by atoms with E-state index in [1.165, 1.54) is 0 Å². The van der Waals surface area contributed by atoms with Crippen LogP contribution >= 0.6 is 11.3 Å². The van der Waals surface area contributed by atoms with Gasteiger partial charge in [-0.15, -0.1) is 11.3 Å². The van der Waals surface area contributed by atoms with Crippen molar-refractivity contribution in [2.24, 2.45) is 0 Å². The van der Waals surface area contributed by atoms with Crippen LogP contribution < -0.4 is 5.73 Å². The summed E-state index contributed by atoms with van der Waals surface area (Å²) >= 11 is 1.57. The van der Waals surface area contributed by atoms with Crippen molar-refractivity contribution in [3.63, 3.8) is 0 Å². The van der Waals surface area contributed by atoms with Crippen molar-refractivity contribution in [2.75, 3.05) is 5.73 Å². The molecule has 0 radical (unpaired) electrons. The molecule has 3 aromatic heterocycles. The Balaban J connectivity index is 0.000000561. The van der Waals surface area contributed by atoms with Gasteiger partial charge in [0.15, 0.2) is 0 Å². The number of pyridine rings is 1. The second-order valence-corrected chi connectivity index (χ2v) is 5.01. The van der Waals surface area contributed by atoms with Gasteiger partial charge in [0.1, 0.15) is 22.2 Å². The molecule has 6 heteroatoms. The van der Waals surface area contributed by atoms with Gasteiger partial charge in [-0.2, -0.15) is 0 Å². The van der Waals surface area contributed by atoms with E-state index in [-0.39, 0.29) is 0 Å². The van der Waals surface area contributed by atoms with Crippen LogP contribution in [0.3, 0.4) is 0 Å². The average Bonchev–Trinajstić information content (AvgIpc) is 2.93. The standard InChI is InChI=1S/C12H11N5S.2C2H6/c1-6-10(11(13)16-7(2)15-6)12-17-8-5-14-4-3-9(8)18-12;2*1-2/h3-5H,1-2H3,(H2,13,15,16);2*1-2H3. The summed E-state index contributed by atoms with van der Waals surface area (Å²) in [6.45, 7) is 11.8. The minimum Gasteiger partial charge on any atom is -0.383 e. The lowest BCUT2D eigenvalue weighted by molar-refractivity contribution is 1.02. The second kappa shape index (κ2) is 8.38. The number of anilines is 1. The van der Waals surface area contributed by atoms with E-state index in [4.69, 9.17) is 5.73 Å². The molecule has 0 atom stereocenters. The fraction of sp³-hybridized carbons (Fsp3) is 0.375. The highest BCUT2D eigenvalue weighted by Crippen LogP contribution is 2.33. The Morgan fingerprint density at radius 2 is 1.68 bits per heavy atom. The Morgan fingerprint density at radius 1 is 1.00 bits per heavy atom. The first-order valence-corrected chi connectivity index (χ1v) is 8.28. The van der Waals surface area contributed by atoms with Gasteiger partial charge < -0.3 is 5.73 Å². The largest absolute Gasteiger partial charge is 0.383 e. The van der Waals surface area contributed by atoms with Crippen molar-refractivity contribution in [1.29, 1.82) is 0 Å². The molecule has 0 saturated carbocycles. The van der Waals surface area contributed by atoms with Gasteiger partial charge in [-0.25, -0.2) is 15.0 Å². The van der Waals surface area contributed by atoms with Gasteiger partial charge in [-0.3, -0.25) is 4.98 Å². The van der Waals surface area contributed by atoms with Gasteiger partial charge >= 0.3 is 0 Å². The molecule has 0 aliphatic rings. The number of thiazole rings is 1. The molecule has 2 N–H and O–H groups in total. The van der Waals surface area contributed by atoms with Crippen molar-refractivity contribution >= 4 is 27.4 Å². The van der Waals surface area contributed by atoms with Crippen LogP contribution in [0.25, 0.3) is 20.8 Å². The summed E-state index contributed by atoms with van der Waals surface area (Å²) in [5.41, 5.74) is 8.52. The summed E-state index contributed by atoms with van der Waals surface area (Å²) in [5.74, 6) is 1.16. The monoisotopic (exact) mass is 317 g/mol. The Hall–Kier alpha value is -2.08. The first kappa shape index (κ1) is 18.0. The topological polar surface area (TPSA) is 77.6 Å². The molecule has 3 rings (SSSR count). The fourth-order valence-corrected chi connectivity index (χ4v) is 2.93. The van der Waals surface area contributed by atoms with Crippen LogP contribution in [0.1, 0.15) is 39.2 Å². The van der Waals surface area contributed by atoms with Crippen LogP contribution in [-0.2, 0) is 0 Å². The number of nitrogens with zero attached hydrogens (tertiary/aromatic N) is 4. The summed E-state index contributed by atoms with van der Waals surface area (Å²) in [6, 6.07) is 1.94. The molecular weight excluding hydrogens is 294 g/mol. The molecule has 118 valence electrons. The summed E-state index contributed by atoms with van der Waals surface area (Å²) in [6.07, 6.45) is 3.50. The van der Waals surface area contributed by atoms with Crippen LogP contribution in [0.4, 0.5) is 5.82 Å². The Kier molecular flexibility index (Phi) is 6.85. The van der Waals surface area contributed by atoms with E-state index in [0.717, 1.165) is 26.5 Å². The van der Waals surface area contributed by atoms with Crippen molar-refractivity contribution in [2.45, 2.75) is 41.5 Å². The SMILES string of the molecule is CC.CC.Cc1nc(C)c(-c2nc3cnccc3s2)c(N)n1. The van der Waals surface area contributed by atoms with Crippen molar-refractivity contribution in [1.82, 2.24) is 19.9 Å². The van der Waals surface area contributed by atoms with E-state index >= 15 is 0 Å². The van der Waals surface area contributed by atoms with Crippen LogP contribution in [0.5, 0.6) is 0 Å². The number of nitrogen functional groups attached to an aromatic ring is 1. The third-order valence-corrected chi connectivity index (χ3v) is 3.69. The molecule has 0 spiro atoms. The van der Waals surface area contributed by atoms with Gasteiger partial charge in [-0.1, -0.05) is 27.7 Å². The molecule has 3 aromatic rings. The molecule has 5 nitrogen and oxygen atoms in total. The maximum atomic E-state index is 5.98. The first-order chi connectivity index (χ1) is 10.6. The number of nitrogens with two attached hydrogens (primary N) is 1. The lowest BCUT2D eigenvalue weighted by Gasteiger charge is -2.05. The number of fused-ring (bicyclic) bond motifs is 1. The number of aryl methyl sites for hydroxylation is 2. The Morgan fingerprint density at radius 3 is 2.27 bits per heavy atom.